The number of carbonyl (C=O) groups excluding carboxylic acids is 2. The molecule has 0 saturated carbocycles. The van der Waals surface area contributed by atoms with Crippen molar-refractivity contribution in [3.63, 3.8) is 0 Å². The Labute approximate surface area is 146 Å². The highest BCUT2D eigenvalue weighted by Gasteiger charge is 2.48. The van der Waals surface area contributed by atoms with E-state index in [1.54, 1.807) is 11.1 Å². The minimum atomic E-state index is -0.384. The van der Waals surface area contributed by atoms with Gasteiger partial charge in [-0.2, -0.15) is 0 Å². The highest BCUT2D eigenvalue weighted by molar-refractivity contribution is 6.23. The Bertz CT molecular complexity index is 833. The number of hydrazine groups is 1. The lowest BCUT2D eigenvalue weighted by atomic mass is 9.90. The van der Waals surface area contributed by atoms with Crippen molar-refractivity contribution in [1.82, 2.24) is 15.8 Å². The quantitative estimate of drug-likeness (QED) is 0.653. The second-order valence-electron chi connectivity index (χ2n) is 6.42. The van der Waals surface area contributed by atoms with Crippen LogP contribution < -0.4 is 10.7 Å². The number of amides is 2. The van der Waals surface area contributed by atoms with Crippen LogP contribution in [0.3, 0.4) is 0 Å². The number of rotatable bonds is 2. The molecule has 3 atom stereocenters. The van der Waals surface area contributed by atoms with E-state index in [-0.39, 0.29) is 35.5 Å². The van der Waals surface area contributed by atoms with E-state index in [4.69, 9.17) is 0 Å². The van der Waals surface area contributed by atoms with Crippen molar-refractivity contribution in [1.29, 1.82) is 0 Å². The first-order valence-corrected chi connectivity index (χ1v) is 8.37. The standard InChI is InChI=1S/C20H19N3O2/c1-13-17(15-10-6-3-7-11-15)18-21-19(24)16(20(25)23(18)22-13)12-14-8-4-2-5-9-14/h2-13,17-18,22H,1H3,(H,21,24)/b16-12+. The van der Waals surface area contributed by atoms with E-state index >= 15 is 0 Å². The number of hydrogen-bond donors (Lipinski definition) is 2. The van der Waals surface area contributed by atoms with Crippen LogP contribution in [0.5, 0.6) is 0 Å². The maximum absolute atomic E-state index is 12.9. The molecule has 2 saturated heterocycles. The molecule has 25 heavy (non-hydrogen) atoms. The number of nitrogens with one attached hydrogen (secondary N) is 2. The summed E-state index contributed by atoms with van der Waals surface area (Å²) >= 11 is 0. The van der Waals surface area contributed by atoms with Gasteiger partial charge >= 0.3 is 0 Å². The van der Waals surface area contributed by atoms with E-state index in [0.717, 1.165) is 11.1 Å². The van der Waals surface area contributed by atoms with Gasteiger partial charge in [0.05, 0.1) is 0 Å². The fraction of sp³-hybridized carbons (Fsp3) is 0.200. The molecular weight excluding hydrogens is 314 g/mol. The Kier molecular flexibility index (Phi) is 3.86. The van der Waals surface area contributed by atoms with Gasteiger partial charge in [-0.1, -0.05) is 60.7 Å². The summed E-state index contributed by atoms with van der Waals surface area (Å²) in [6.07, 6.45) is 1.25. The topological polar surface area (TPSA) is 61.4 Å². The van der Waals surface area contributed by atoms with Gasteiger partial charge in [0, 0.05) is 12.0 Å². The Morgan fingerprint density at radius 3 is 2.28 bits per heavy atom. The van der Waals surface area contributed by atoms with Crippen molar-refractivity contribution in [3.8, 4) is 0 Å². The lowest BCUT2D eigenvalue weighted by molar-refractivity contribution is -0.139. The van der Waals surface area contributed by atoms with Crippen LogP contribution in [0.15, 0.2) is 66.2 Å². The smallest absolute Gasteiger partial charge is 0.275 e. The number of fused-ring (bicyclic) bond motifs is 1. The van der Waals surface area contributed by atoms with Gasteiger partial charge in [0.2, 0.25) is 0 Å². The van der Waals surface area contributed by atoms with Crippen molar-refractivity contribution in [2.45, 2.75) is 25.0 Å². The molecule has 2 heterocycles. The number of nitrogens with zero attached hydrogens (tertiary/aromatic N) is 1. The van der Waals surface area contributed by atoms with Gasteiger partial charge in [-0.05, 0) is 24.1 Å². The highest BCUT2D eigenvalue weighted by atomic mass is 16.2. The molecular formula is C20H19N3O2. The monoisotopic (exact) mass is 333 g/mol. The normalized spacial score (nSPS) is 27.3. The summed E-state index contributed by atoms with van der Waals surface area (Å²) in [7, 11) is 0. The summed E-state index contributed by atoms with van der Waals surface area (Å²) in [6.45, 7) is 2.02. The molecule has 4 rings (SSSR count). The van der Waals surface area contributed by atoms with Crippen LogP contribution in [0.2, 0.25) is 0 Å². The molecule has 0 aliphatic carbocycles. The van der Waals surface area contributed by atoms with Crippen LogP contribution in [-0.4, -0.2) is 29.0 Å². The van der Waals surface area contributed by atoms with Gasteiger partial charge in [0.15, 0.2) is 0 Å². The molecule has 2 N–H and O–H groups in total. The lowest BCUT2D eigenvalue weighted by Crippen LogP contribution is -2.58. The molecule has 0 radical (unpaired) electrons. The van der Waals surface area contributed by atoms with Crippen molar-refractivity contribution in [2.24, 2.45) is 0 Å². The molecule has 2 aromatic rings. The Balaban J connectivity index is 1.67. The summed E-state index contributed by atoms with van der Waals surface area (Å²) < 4.78 is 0. The zero-order valence-corrected chi connectivity index (χ0v) is 13.8. The summed E-state index contributed by atoms with van der Waals surface area (Å²) in [5.41, 5.74) is 5.29. The van der Waals surface area contributed by atoms with Gasteiger partial charge in [-0.3, -0.25) is 14.6 Å². The molecule has 126 valence electrons. The molecule has 5 heteroatoms. The third-order valence-electron chi connectivity index (χ3n) is 4.77. The van der Waals surface area contributed by atoms with Gasteiger partial charge in [0.1, 0.15) is 11.7 Å². The zero-order valence-electron chi connectivity index (χ0n) is 13.8. The first-order chi connectivity index (χ1) is 12.1. The average Bonchev–Trinajstić information content (AvgIpc) is 2.96. The summed E-state index contributed by atoms with van der Waals surface area (Å²) in [5.74, 6) is -0.609. The third kappa shape index (κ3) is 2.72. The summed E-state index contributed by atoms with van der Waals surface area (Å²) in [6, 6.07) is 19.4. The Morgan fingerprint density at radius 2 is 1.60 bits per heavy atom. The number of benzene rings is 2. The van der Waals surface area contributed by atoms with E-state index in [1.165, 1.54) is 0 Å². The van der Waals surface area contributed by atoms with E-state index < -0.39 is 0 Å². The minimum Gasteiger partial charge on any atom is -0.330 e. The predicted octanol–water partition coefficient (Wildman–Crippen LogP) is 2.04. The molecule has 0 bridgehead atoms. The third-order valence-corrected chi connectivity index (χ3v) is 4.77. The second-order valence-corrected chi connectivity index (χ2v) is 6.42. The molecule has 2 fully saturated rings. The van der Waals surface area contributed by atoms with Crippen LogP contribution >= 0.6 is 0 Å². The Hall–Kier alpha value is -2.92. The number of hydrogen-bond acceptors (Lipinski definition) is 3. The summed E-state index contributed by atoms with van der Waals surface area (Å²) in [4.78, 5) is 25.5. The molecule has 2 aliphatic rings. The fourth-order valence-corrected chi connectivity index (χ4v) is 3.58. The fourth-order valence-electron chi connectivity index (χ4n) is 3.58. The van der Waals surface area contributed by atoms with E-state index in [0.29, 0.717) is 0 Å². The predicted molar refractivity (Wildman–Crippen MR) is 95.0 cm³/mol. The van der Waals surface area contributed by atoms with Gasteiger partial charge in [-0.15, -0.1) is 0 Å². The Morgan fingerprint density at radius 1 is 0.960 bits per heavy atom. The summed E-state index contributed by atoms with van der Waals surface area (Å²) in [5, 5.41) is 4.55. The first-order valence-electron chi connectivity index (χ1n) is 8.37. The van der Waals surface area contributed by atoms with E-state index in [2.05, 4.69) is 10.7 Å². The largest absolute Gasteiger partial charge is 0.330 e. The molecule has 5 nitrogen and oxygen atoms in total. The first kappa shape index (κ1) is 15.6. The molecule has 0 aromatic heterocycles. The van der Waals surface area contributed by atoms with Crippen molar-refractivity contribution >= 4 is 17.9 Å². The molecule has 3 unspecified atom stereocenters. The van der Waals surface area contributed by atoms with Crippen LogP contribution in [0.1, 0.15) is 24.0 Å². The van der Waals surface area contributed by atoms with Gasteiger partial charge < -0.3 is 5.32 Å². The highest BCUT2D eigenvalue weighted by Crippen LogP contribution is 2.33. The van der Waals surface area contributed by atoms with Crippen molar-refractivity contribution in [2.75, 3.05) is 0 Å². The van der Waals surface area contributed by atoms with Crippen LogP contribution in [0.25, 0.3) is 6.08 Å². The van der Waals surface area contributed by atoms with Gasteiger partial charge in [-0.25, -0.2) is 5.43 Å². The maximum Gasteiger partial charge on any atom is 0.275 e. The van der Waals surface area contributed by atoms with Crippen LogP contribution in [-0.2, 0) is 9.59 Å². The van der Waals surface area contributed by atoms with Crippen molar-refractivity contribution < 1.29 is 9.59 Å². The average molecular weight is 333 g/mol. The van der Waals surface area contributed by atoms with E-state index in [1.807, 2.05) is 67.6 Å². The lowest BCUT2D eigenvalue weighted by Gasteiger charge is -2.33. The van der Waals surface area contributed by atoms with Gasteiger partial charge in [0.25, 0.3) is 11.8 Å². The van der Waals surface area contributed by atoms with Crippen LogP contribution in [0.4, 0.5) is 0 Å². The second kappa shape index (κ2) is 6.18. The van der Waals surface area contributed by atoms with Crippen LogP contribution in [0, 0.1) is 0 Å². The molecule has 2 aliphatic heterocycles. The SMILES string of the molecule is CC1NN2C(=O)/C(=C/c3ccccc3)C(=O)NC2C1c1ccccc1. The molecule has 2 amide bonds. The van der Waals surface area contributed by atoms with Crippen molar-refractivity contribution in [3.05, 3.63) is 77.4 Å². The maximum atomic E-state index is 12.9. The van der Waals surface area contributed by atoms with E-state index in [9.17, 15) is 9.59 Å². The molecule has 2 aromatic carbocycles. The number of carbonyl (C=O) groups is 2. The molecule has 0 spiro atoms. The zero-order chi connectivity index (χ0) is 17.4. The minimum absolute atomic E-state index is 0.00683.